The van der Waals surface area contributed by atoms with Crippen LogP contribution in [0, 0.1) is 25.6 Å². The van der Waals surface area contributed by atoms with Gasteiger partial charge in [0.05, 0.1) is 6.61 Å². The number of hydrogen-bond donors (Lipinski definition) is 2. The SMILES string of the molecule is C#C.C=C(C)NCc1ccc(F)cc1.CN/C=C(\C)CC1CCOc2ccc(C)cc21. The van der Waals surface area contributed by atoms with Crippen molar-refractivity contribution in [2.24, 2.45) is 0 Å². The summed E-state index contributed by atoms with van der Waals surface area (Å²) in [5, 5.41) is 6.16. The van der Waals surface area contributed by atoms with Crippen molar-refractivity contribution >= 4 is 0 Å². The van der Waals surface area contributed by atoms with Crippen molar-refractivity contribution in [2.75, 3.05) is 13.7 Å². The summed E-state index contributed by atoms with van der Waals surface area (Å²) >= 11 is 0. The van der Waals surface area contributed by atoms with Crippen molar-refractivity contribution in [2.45, 2.75) is 46.1 Å². The van der Waals surface area contributed by atoms with Gasteiger partial charge in [-0.25, -0.2) is 4.39 Å². The van der Waals surface area contributed by atoms with Crippen LogP contribution in [0.2, 0.25) is 0 Å². The van der Waals surface area contributed by atoms with Gasteiger partial charge in [-0.2, -0.15) is 0 Å². The highest BCUT2D eigenvalue weighted by atomic mass is 19.1. The molecule has 0 aliphatic carbocycles. The first-order valence-corrected chi connectivity index (χ1v) is 10.4. The molecule has 3 nitrogen and oxygen atoms in total. The molecule has 1 atom stereocenters. The second kappa shape index (κ2) is 13.9. The van der Waals surface area contributed by atoms with E-state index in [-0.39, 0.29) is 5.82 Å². The first-order chi connectivity index (χ1) is 14.9. The average molecular weight is 423 g/mol. The Morgan fingerprint density at radius 1 is 1.19 bits per heavy atom. The lowest BCUT2D eigenvalue weighted by Crippen LogP contribution is -2.15. The summed E-state index contributed by atoms with van der Waals surface area (Å²) < 4.78 is 18.2. The van der Waals surface area contributed by atoms with Crippen LogP contribution in [-0.4, -0.2) is 13.7 Å². The Labute approximate surface area is 187 Å². The molecule has 1 heterocycles. The predicted octanol–water partition coefficient (Wildman–Crippen LogP) is 6.07. The quantitative estimate of drug-likeness (QED) is 0.554. The number of benzene rings is 2. The minimum atomic E-state index is -0.200. The second-order valence-corrected chi connectivity index (χ2v) is 7.62. The van der Waals surface area contributed by atoms with Gasteiger partial charge in [-0.15, -0.1) is 12.8 Å². The number of terminal acetylenes is 1. The van der Waals surface area contributed by atoms with E-state index in [0.29, 0.717) is 12.5 Å². The Balaban J connectivity index is 0.000000303. The van der Waals surface area contributed by atoms with E-state index in [1.807, 2.05) is 14.0 Å². The third kappa shape index (κ3) is 9.44. The van der Waals surface area contributed by atoms with Crippen molar-refractivity contribution in [3.63, 3.8) is 0 Å². The molecule has 31 heavy (non-hydrogen) atoms. The fourth-order valence-corrected chi connectivity index (χ4v) is 3.35. The summed E-state index contributed by atoms with van der Waals surface area (Å²) in [6.07, 6.45) is 12.3. The van der Waals surface area contributed by atoms with Crippen LogP contribution in [0.25, 0.3) is 0 Å². The zero-order chi connectivity index (χ0) is 23.2. The molecule has 0 spiro atoms. The Morgan fingerprint density at radius 2 is 1.87 bits per heavy atom. The molecular formula is C27H35FN2O. The molecule has 3 rings (SSSR count). The molecule has 1 unspecified atom stereocenters. The number of nitrogens with one attached hydrogen (secondary N) is 2. The standard InChI is InChI=1S/C15H21NO.C10H12FN.C2H2/c1-11-4-5-15-14(9-11)13(6-7-17-15)8-12(2)10-16-3;1-8(2)12-7-9-3-5-10(11)6-4-9;1-2/h4-5,9-10,13,16H,6-8H2,1-3H3;3-6,12H,1,7H2,2H3;1-2H/b12-10+;;. The number of hydrogen-bond acceptors (Lipinski definition) is 3. The van der Waals surface area contributed by atoms with Crippen molar-refractivity contribution < 1.29 is 9.13 Å². The summed E-state index contributed by atoms with van der Waals surface area (Å²) in [6.45, 7) is 11.5. The van der Waals surface area contributed by atoms with Crippen LogP contribution in [0.5, 0.6) is 5.75 Å². The zero-order valence-electron chi connectivity index (χ0n) is 19.2. The van der Waals surface area contributed by atoms with E-state index in [0.717, 1.165) is 36.5 Å². The lowest BCUT2D eigenvalue weighted by molar-refractivity contribution is 0.266. The molecule has 166 valence electrons. The molecule has 2 aromatic carbocycles. The normalized spacial score (nSPS) is 14.4. The molecule has 2 N–H and O–H groups in total. The summed E-state index contributed by atoms with van der Waals surface area (Å²) in [7, 11) is 1.95. The van der Waals surface area contributed by atoms with E-state index in [2.05, 4.69) is 68.3 Å². The van der Waals surface area contributed by atoms with Crippen LogP contribution in [0.4, 0.5) is 4.39 Å². The van der Waals surface area contributed by atoms with Gasteiger partial charge in [-0.05, 0) is 75.1 Å². The predicted molar refractivity (Wildman–Crippen MR) is 129 cm³/mol. The van der Waals surface area contributed by atoms with Crippen molar-refractivity contribution in [1.29, 1.82) is 0 Å². The van der Waals surface area contributed by atoms with Crippen LogP contribution in [0.3, 0.4) is 0 Å². The third-order valence-electron chi connectivity index (χ3n) is 4.80. The Bertz CT molecular complexity index is 869. The van der Waals surface area contributed by atoms with Crippen LogP contribution in [0.15, 0.2) is 66.5 Å². The van der Waals surface area contributed by atoms with E-state index >= 15 is 0 Å². The molecule has 0 amide bonds. The summed E-state index contributed by atoms with van der Waals surface area (Å²) in [4.78, 5) is 0. The maximum absolute atomic E-state index is 12.4. The van der Waals surface area contributed by atoms with Crippen LogP contribution < -0.4 is 15.4 Å². The zero-order valence-corrected chi connectivity index (χ0v) is 19.2. The van der Waals surface area contributed by atoms with Crippen LogP contribution in [0.1, 0.15) is 49.3 Å². The largest absolute Gasteiger partial charge is 0.493 e. The third-order valence-corrected chi connectivity index (χ3v) is 4.80. The summed E-state index contributed by atoms with van der Waals surface area (Å²) in [6, 6.07) is 12.9. The Morgan fingerprint density at radius 3 is 2.48 bits per heavy atom. The minimum Gasteiger partial charge on any atom is -0.493 e. The van der Waals surface area contributed by atoms with Gasteiger partial charge < -0.3 is 15.4 Å². The maximum Gasteiger partial charge on any atom is 0.123 e. The molecule has 0 aromatic heterocycles. The topological polar surface area (TPSA) is 33.3 Å². The summed E-state index contributed by atoms with van der Waals surface area (Å²) in [5.74, 6) is 1.47. The van der Waals surface area contributed by atoms with E-state index < -0.39 is 0 Å². The first kappa shape index (κ1) is 25.8. The highest BCUT2D eigenvalue weighted by Gasteiger charge is 2.21. The van der Waals surface area contributed by atoms with E-state index in [1.165, 1.54) is 28.8 Å². The Hall–Kier alpha value is -3.19. The molecule has 0 radical (unpaired) electrons. The first-order valence-electron chi connectivity index (χ1n) is 10.4. The van der Waals surface area contributed by atoms with Gasteiger partial charge in [0.2, 0.25) is 0 Å². The molecule has 0 bridgehead atoms. The molecule has 2 aromatic rings. The molecule has 1 aliphatic rings. The number of allylic oxidation sites excluding steroid dienone is 2. The number of fused-ring (bicyclic) bond motifs is 1. The van der Waals surface area contributed by atoms with Gasteiger partial charge in [0.1, 0.15) is 11.6 Å². The second-order valence-electron chi connectivity index (χ2n) is 7.62. The smallest absolute Gasteiger partial charge is 0.123 e. The Kier molecular flexibility index (Phi) is 11.6. The van der Waals surface area contributed by atoms with Gasteiger partial charge in [-0.1, -0.05) is 42.0 Å². The van der Waals surface area contributed by atoms with Gasteiger partial charge in [0.25, 0.3) is 0 Å². The van der Waals surface area contributed by atoms with E-state index in [4.69, 9.17) is 4.74 Å². The van der Waals surface area contributed by atoms with E-state index in [1.54, 1.807) is 12.1 Å². The van der Waals surface area contributed by atoms with Gasteiger partial charge >= 0.3 is 0 Å². The van der Waals surface area contributed by atoms with Gasteiger partial charge in [0, 0.05) is 19.3 Å². The van der Waals surface area contributed by atoms with Crippen molar-refractivity contribution in [3.8, 4) is 18.6 Å². The number of rotatable bonds is 6. The lowest BCUT2D eigenvalue weighted by Gasteiger charge is -2.26. The van der Waals surface area contributed by atoms with Gasteiger partial charge in [0.15, 0.2) is 0 Å². The summed E-state index contributed by atoms with van der Waals surface area (Å²) in [5.41, 5.74) is 6.06. The maximum atomic E-state index is 12.4. The van der Waals surface area contributed by atoms with Crippen molar-refractivity contribution in [3.05, 3.63) is 89.0 Å². The number of ether oxygens (including phenoxy) is 1. The molecular weight excluding hydrogens is 387 g/mol. The molecule has 0 saturated heterocycles. The molecule has 1 aliphatic heterocycles. The highest BCUT2D eigenvalue weighted by molar-refractivity contribution is 5.41. The average Bonchev–Trinajstić information content (AvgIpc) is 2.76. The number of aryl methyl sites for hydroxylation is 1. The number of halogens is 1. The monoisotopic (exact) mass is 422 g/mol. The highest BCUT2D eigenvalue weighted by Crippen LogP contribution is 2.37. The van der Waals surface area contributed by atoms with Crippen LogP contribution >= 0.6 is 0 Å². The van der Waals surface area contributed by atoms with E-state index in [9.17, 15) is 4.39 Å². The van der Waals surface area contributed by atoms with Crippen molar-refractivity contribution in [1.82, 2.24) is 10.6 Å². The minimum absolute atomic E-state index is 0.200. The fraction of sp³-hybridized carbons (Fsp3) is 0.333. The van der Waals surface area contributed by atoms with Gasteiger partial charge in [-0.3, -0.25) is 0 Å². The molecule has 4 heteroatoms. The lowest BCUT2D eigenvalue weighted by atomic mass is 9.87. The molecule has 0 fully saturated rings. The fourth-order valence-electron chi connectivity index (χ4n) is 3.35. The molecule has 0 saturated carbocycles. The van der Waals surface area contributed by atoms with Crippen LogP contribution in [-0.2, 0) is 6.54 Å².